The molecule has 7 heteroatoms. The van der Waals surface area contributed by atoms with Crippen molar-refractivity contribution in [2.75, 3.05) is 18.4 Å². The van der Waals surface area contributed by atoms with Crippen LogP contribution in [0.15, 0.2) is 53.1 Å². The number of benzene rings is 2. The first-order valence-corrected chi connectivity index (χ1v) is 9.78. The van der Waals surface area contributed by atoms with E-state index >= 15 is 0 Å². The van der Waals surface area contributed by atoms with E-state index in [0.717, 1.165) is 37.1 Å². The van der Waals surface area contributed by atoms with E-state index in [1.165, 1.54) is 12.1 Å². The lowest BCUT2D eigenvalue weighted by atomic mass is 10.0. The first-order chi connectivity index (χ1) is 14.1. The van der Waals surface area contributed by atoms with Gasteiger partial charge in [-0.05, 0) is 56.1 Å². The van der Waals surface area contributed by atoms with E-state index in [1.54, 1.807) is 12.1 Å². The van der Waals surface area contributed by atoms with Crippen LogP contribution in [0.5, 0.6) is 0 Å². The van der Waals surface area contributed by atoms with E-state index in [1.807, 2.05) is 31.2 Å². The van der Waals surface area contributed by atoms with Crippen LogP contribution in [-0.2, 0) is 4.79 Å². The van der Waals surface area contributed by atoms with E-state index in [9.17, 15) is 9.18 Å². The molecule has 1 aliphatic rings. The second-order valence-corrected chi connectivity index (χ2v) is 7.37. The van der Waals surface area contributed by atoms with Crippen LogP contribution in [-0.4, -0.2) is 34.0 Å². The number of nitrogens with one attached hydrogen (secondary N) is 1. The zero-order valence-corrected chi connectivity index (χ0v) is 16.3. The van der Waals surface area contributed by atoms with Gasteiger partial charge in [0.2, 0.25) is 17.6 Å². The number of anilines is 1. The van der Waals surface area contributed by atoms with Gasteiger partial charge in [-0.2, -0.15) is 4.98 Å². The molecule has 0 saturated carbocycles. The summed E-state index contributed by atoms with van der Waals surface area (Å²) in [5.41, 5.74) is 2.45. The molecular weight excluding hydrogens is 371 g/mol. The average molecular weight is 394 g/mol. The van der Waals surface area contributed by atoms with Crippen molar-refractivity contribution >= 4 is 11.6 Å². The minimum atomic E-state index is -0.346. The molecule has 1 aromatic heterocycles. The fraction of sp³-hybridized carbons (Fsp3) is 0.318. The maximum atomic E-state index is 13.5. The number of halogens is 1. The van der Waals surface area contributed by atoms with Crippen molar-refractivity contribution in [3.05, 3.63) is 65.8 Å². The number of aryl methyl sites for hydroxylation is 1. The van der Waals surface area contributed by atoms with Gasteiger partial charge >= 0.3 is 0 Å². The zero-order chi connectivity index (χ0) is 20.2. The molecule has 1 fully saturated rings. The summed E-state index contributed by atoms with van der Waals surface area (Å²) in [6.45, 7) is 3.02. The van der Waals surface area contributed by atoms with Crippen molar-refractivity contribution in [2.45, 2.75) is 32.2 Å². The van der Waals surface area contributed by atoms with Crippen molar-refractivity contribution in [1.29, 1.82) is 0 Å². The molecule has 1 aliphatic heterocycles. The molecule has 2 heterocycles. The first kappa shape index (κ1) is 19.3. The molecular formula is C22H23FN4O2. The highest BCUT2D eigenvalue weighted by molar-refractivity contribution is 5.92. The molecule has 0 spiro atoms. The van der Waals surface area contributed by atoms with Gasteiger partial charge in [-0.25, -0.2) is 4.39 Å². The van der Waals surface area contributed by atoms with Crippen LogP contribution in [0.3, 0.4) is 0 Å². The minimum Gasteiger partial charge on any atom is -0.337 e. The molecule has 4 rings (SSSR count). The molecule has 29 heavy (non-hydrogen) atoms. The van der Waals surface area contributed by atoms with Crippen LogP contribution in [0.2, 0.25) is 0 Å². The number of amides is 1. The summed E-state index contributed by atoms with van der Waals surface area (Å²) in [4.78, 5) is 19.1. The Labute approximate surface area is 168 Å². The Hall–Kier alpha value is -3.06. The van der Waals surface area contributed by atoms with E-state index in [0.29, 0.717) is 17.3 Å². The molecule has 1 amide bonds. The highest BCUT2D eigenvalue weighted by Crippen LogP contribution is 2.31. The number of carbonyl (C=O) groups excluding carboxylic acids is 1. The van der Waals surface area contributed by atoms with Crippen LogP contribution >= 0.6 is 0 Å². The molecule has 150 valence electrons. The fourth-order valence-corrected chi connectivity index (χ4v) is 3.68. The molecule has 0 unspecified atom stereocenters. The number of hydrogen-bond acceptors (Lipinski definition) is 5. The van der Waals surface area contributed by atoms with Gasteiger partial charge in [-0.15, -0.1) is 0 Å². The number of rotatable bonds is 5. The van der Waals surface area contributed by atoms with Crippen molar-refractivity contribution < 1.29 is 13.7 Å². The van der Waals surface area contributed by atoms with E-state index < -0.39 is 0 Å². The maximum absolute atomic E-state index is 13.5. The lowest BCUT2D eigenvalue weighted by Crippen LogP contribution is -2.39. The van der Waals surface area contributed by atoms with Gasteiger partial charge in [0.15, 0.2) is 0 Å². The van der Waals surface area contributed by atoms with E-state index in [4.69, 9.17) is 4.52 Å². The topological polar surface area (TPSA) is 71.3 Å². The van der Waals surface area contributed by atoms with Gasteiger partial charge in [0.25, 0.3) is 0 Å². The van der Waals surface area contributed by atoms with Crippen molar-refractivity contribution in [3.8, 4) is 11.4 Å². The summed E-state index contributed by atoms with van der Waals surface area (Å²) in [6, 6.07) is 13.7. The second-order valence-electron chi connectivity index (χ2n) is 7.37. The van der Waals surface area contributed by atoms with Crippen molar-refractivity contribution in [2.24, 2.45) is 0 Å². The summed E-state index contributed by atoms with van der Waals surface area (Å²) in [5.74, 6) is 0.398. The Morgan fingerprint density at radius 1 is 1.24 bits per heavy atom. The summed E-state index contributed by atoms with van der Waals surface area (Å²) in [6.07, 6.45) is 2.87. The van der Waals surface area contributed by atoms with Gasteiger partial charge in [0, 0.05) is 11.3 Å². The summed E-state index contributed by atoms with van der Waals surface area (Å²) in [7, 11) is 0. The average Bonchev–Trinajstić information content (AvgIpc) is 3.18. The van der Waals surface area contributed by atoms with Crippen LogP contribution in [0, 0.1) is 12.7 Å². The first-order valence-electron chi connectivity index (χ1n) is 9.78. The Bertz CT molecular complexity index is 1000. The molecule has 0 bridgehead atoms. The minimum absolute atomic E-state index is 0.0765. The van der Waals surface area contributed by atoms with Crippen LogP contribution in [0.25, 0.3) is 11.4 Å². The smallest absolute Gasteiger partial charge is 0.244 e. The van der Waals surface area contributed by atoms with E-state index in [-0.39, 0.29) is 24.3 Å². The standard InChI is InChI=1S/C22H23FN4O2/c1-15-6-4-9-18(12-15)24-20(28)14-27-11-3-2-10-19(27)22-25-21(26-29-22)16-7-5-8-17(23)13-16/h4-9,12-13,19H,2-3,10-11,14H2,1H3,(H,24,28)/t19-/m1/s1. The van der Waals surface area contributed by atoms with Crippen molar-refractivity contribution in [1.82, 2.24) is 15.0 Å². The van der Waals surface area contributed by atoms with Gasteiger partial charge in [0.1, 0.15) is 5.82 Å². The largest absolute Gasteiger partial charge is 0.337 e. The lowest BCUT2D eigenvalue weighted by Gasteiger charge is -2.32. The molecule has 1 atom stereocenters. The Kier molecular flexibility index (Phi) is 5.67. The number of nitrogens with zero attached hydrogens (tertiary/aromatic N) is 3. The zero-order valence-electron chi connectivity index (χ0n) is 16.3. The summed E-state index contributed by atoms with van der Waals surface area (Å²) < 4.78 is 19.0. The Morgan fingerprint density at radius 3 is 2.93 bits per heavy atom. The van der Waals surface area contributed by atoms with Gasteiger partial charge in [0.05, 0.1) is 12.6 Å². The molecule has 1 N–H and O–H groups in total. The molecule has 0 radical (unpaired) electrons. The van der Waals surface area contributed by atoms with Gasteiger partial charge < -0.3 is 9.84 Å². The number of aromatic nitrogens is 2. The predicted octanol–water partition coefficient (Wildman–Crippen LogP) is 4.35. The lowest BCUT2D eigenvalue weighted by molar-refractivity contribution is -0.118. The Balaban J connectivity index is 1.47. The third-order valence-electron chi connectivity index (χ3n) is 5.07. The molecule has 3 aromatic rings. The van der Waals surface area contributed by atoms with Gasteiger partial charge in [-0.3, -0.25) is 9.69 Å². The monoisotopic (exact) mass is 394 g/mol. The second kappa shape index (κ2) is 8.53. The summed E-state index contributed by atoms with van der Waals surface area (Å²) >= 11 is 0. The predicted molar refractivity (Wildman–Crippen MR) is 108 cm³/mol. The normalized spacial score (nSPS) is 17.2. The molecule has 6 nitrogen and oxygen atoms in total. The van der Waals surface area contributed by atoms with E-state index in [2.05, 4.69) is 20.4 Å². The fourth-order valence-electron chi connectivity index (χ4n) is 3.68. The third kappa shape index (κ3) is 4.68. The molecule has 2 aromatic carbocycles. The van der Waals surface area contributed by atoms with Crippen LogP contribution in [0.1, 0.15) is 36.8 Å². The van der Waals surface area contributed by atoms with Crippen LogP contribution < -0.4 is 5.32 Å². The number of piperidine rings is 1. The molecule has 1 saturated heterocycles. The Morgan fingerprint density at radius 2 is 2.10 bits per heavy atom. The van der Waals surface area contributed by atoms with Gasteiger partial charge in [-0.1, -0.05) is 35.8 Å². The number of likely N-dealkylation sites (tertiary alicyclic amines) is 1. The molecule has 0 aliphatic carbocycles. The highest BCUT2D eigenvalue weighted by atomic mass is 19.1. The SMILES string of the molecule is Cc1cccc(NC(=O)CN2CCCC[C@@H]2c2nc(-c3cccc(F)c3)no2)c1. The number of carbonyl (C=O) groups is 1. The maximum Gasteiger partial charge on any atom is 0.244 e. The highest BCUT2D eigenvalue weighted by Gasteiger charge is 2.30. The summed E-state index contributed by atoms with van der Waals surface area (Å²) in [5, 5.41) is 6.96. The van der Waals surface area contributed by atoms with Crippen LogP contribution in [0.4, 0.5) is 10.1 Å². The van der Waals surface area contributed by atoms with Crippen molar-refractivity contribution in [3.63, 3.8) is 0 Å². The number of hydrogen-bond donors (Lipinski definition) is 1. The quantitative estimate of drug-likeness (QED) is 0.697. The third-order valence-corrected chi connectivity index (χ3v) is 5.07.